The van der Waals surface area contributed by atoms with Gasteiger partial charge in [-0.15, -0.1) is 0 Å². The SMILES string of the molecule is NC(=O)NCCC[C@@](O)(C(=O)O)N(CP(=O)(O)O)CP(=O)(O)O. The highest BCUT2D eigenvalue weighted by molar-refractivity contribution is 7.52. The van der Waals surface area contributed by atoms with E-state index in [0.29, 0.717) is 0 Å². The second-order valence-corrected chi connectivity index (χ2v) is 7.89. The van der Waals surface area contributed by atoms with E-state index in [9.17, 15) is 23.8 Å². The van der Waals surface area contributed by atoms with Gasteiger partial charge < -0.3 is 40.8 Å². The Morgan fingerprint density at radius 2 is 1.52 bits per heavy atom. The van der Waals surface area contributed by atoms with E-state index in [4.69, 9.17) is 30.4 Å². The number of nitrogens with two attached hydrogens (primary N) is 1. The standard InChI is InChI=1S/C8H19N3O10P2/c9-7(14)10-3-1-2-8(15,6(12)13)11(4-22(16,17)18)5-23(19,20)21/h15H,1-5H2,(H,12,13)(H3,9,10,14)(H2,16,17,18)(H2,19,20,21)/t8-/m1/s1. The quantitative estimate of drug-likeness (QED) is 0.115. The van der Waals surface area contributed by atoms with Gasteiger partial charge in [0.2, 0.25) is 5.72 Å². The van der Waals surface area contributed by atoms with Crippen molar-refractivity contribution in [3.05, 3.63) is 0 Å². The van der Waals surface area contributed by atoms with Crippen LogP contribution in [-0.2, 0) is 13.9 Å². The lowest BCUT2D eigenvalue weighted by Gasteiger charge is -2.36. The highest BCUT2D eigenvalue weighted by Crippen LogP contribution is 2.43. The van der Waals surface area contributed by atoms with Crippen molar-refractivity contribution in [2.24, 2.45) is 5.73 Å². The number of aliphatic hydroxyl groups is 1. The molecular weight excluding hydrogens is 360 g/mol. The fourth-order valence-electron chi connectivity index (χ4n) is 1.67. The van der Waals surface area contributed by atoms with Crippen LogP contribution in [0.5, 0.6) is 0 Å². The molecule has 0 saturated heterocycles. The highest BCUT2D eigenvalue weighted by Gasteiger charge is 2.46. The molecule has 0 aromatic rings. The molecule has 0 bridgehead atoms. The topological polar surface area (TPSA) is 231 Å². The molecule has 23 heavy (non-hydrogen) atoms. The van der Waals surface area contributed by atoms with Gasteiger partial charge in [-0.25, -0.2) is 14.5 Å². The van der Waals surface area contributed by atoms with Crippen LogP contribution >= 0.6 is 15.2 Å². The zero-order valence-electron chi connectivity index (χ0n) is 11.8. The number of nitrogens with zero attached hydrogens (tertiary/aromatic N) is 1. The molecule has 0 aliphatic rings. The molecule has 0 aromatic heterocycles. The number of urea groups is 1. The Labute approximate surface area is 130 Å². The second-order valence-electron chi connectivity index (χ2n) is 4.67. The summed E-state index contributed by atoms with van der Waals surface area (Å²) in [6, 6.07) is -0.911. The zero-order valence-corrected chi connectivity index (χ0v) is 13.6. The summed E-state index contributed by atoms with van der Waals surface area (Å²) in [4.78, 5) is 57.5. The number of aliphatic carboxylic acids is 1. The molecule has 136 valence electrons. The fourth-order valence-corrected chi connectivity index (χ4v) is 3.39. The van der Waals surface area contributed by atoms with E-state index < -0.39 is 51.9 Å². The number of carbonyl (C=O) groups is 2. The number of nitrogens with one attached hydrogen (secondary N) is 1. The maximum absolute atomic E-state index is 11.3. The highest BCUT2D eigenvalue weighted by atomic mass is 31.2. The van der Waals surface area contributed by atoms with E-state index in [1.54, 1.807) is 0 Å². The van der Waals surface area contributed by atoms with E-state index in [1.807, 2.05) is 0 Å². The number of primary amides is 1. The lowest BCUT2D eigenvalue weighted by Crippen LogP contribution is -2.55. The largest absolute Gasteiger partial charge is 0.478 e. The van der Waals surface area contributed by atoms with Crippen molar-refractivity contribution in [2.45, 2.75) is 18.6 Å². The molecule has 15 heteroatoms. The fraction of sp³-hybridized carbons (Fsp3) is 0.750. The average molecular weight is 379 g/mol. The average Bonchev–Trinajstić information content (AvgIpc) is 2.29. The first kappa shape index (κ1) is 22.0. The lowest BCUT2D eigenvalue weighted by molar-refractivity contribution is -0.181. The van der Waals surface area contributed by atoms with Crippen molar-refractivity contribution >= 4 is 27.2 Å². The molecule has 0 aliphatic carbocycles. The molecule has 0 saturated carbocycles. The van der Waals surface area contributed by atoms with Crippen molar-refractivity contribution in [3.8, 4) is 0 Å². The minimum Gasteiger partial charge on any atom is -0.478 e. The van der Waals surface area contributed by atoms with Gasteiger partial charge in [-0.3, -0.25) is 9.13 Å². The zero-order chi connectivity index (χ0) is 18.5. The summed E-state index contributed by atoms with van der Waals surface area (Å²) in [6.45, 7) is -0.162. The number of rotatable bonds is 10. The lowest BCUT2D eigenvalue weighted by atomic mass is 10.1. The van der Waals surface area contributed by atoms with Crippen LogP contribution in [0.1, 0.15) is 12.8 Å². The third-order valence-electron chi connectivity index (χ3n) is 2.58. The van der Waals surface area contributed by atoms with Crippen LogP contribution in [0.3, 0.4) is 0 Å². The minimum atomic E-state index is -4.93. The molecule has 13 nitrogen and oxygen atoms in total. The van der Waals surface area contributed by atoms with Crippen LogP contribution in [0.25, 0.3) is 0 Å². The van der Waals surface area contributed by atoms with E-state index in [-0.39, 0.29) is 17.9 Å². The number of hydrogen-bond donors (Lipinski definition) is 8. The smallest absolute Gasteiger partial charge is 0.351 e. The molecule has 0 heterocycles. The van der Waals surface area contributed by atoms with Crippen LogP contribution in [-0.4, -0.2) is 71.5 Å². The molecule has 0 spiro atoms. The summed E-state index contributed by atoms with van der Waals surface area (Å²) in [5, 5.41) is 21.3. The monoisotopic (exact) mass is 379 g/mol. The van der Waals surface area contributed by atoms with Gasteiger partial charge in [0.1, 0.15) is 12.6 Å². The number of hydrogen-bond acceptors (Lipinski definition) is 6. The summed E-state index contributed by atoms with van der Waals surface area (Å²) in [5.74, 6) is -1.96. The van der Waals surface area contributed by atoms with Crippen molar-refractivity contribution in [1.82, 2.24) is 10.2 Å². The molecule has 1 atom stereocenters. The van der Waals surface area contributed by atoms with Crippen LogP contribution in [0, 0.1) is 0 Å². The molecule has 0 radical (unpaired) electrons. The molecular formula is C8H19N3O10P2. The Hall–Kier alpha value is -1.04. The number of carboxylic acids is 1. The van der Waals surface area contributed by atoms with Gasteiger partial charge in [-0.2, -0.15) is 0 Å². The summed E-state index contributed by atoms with van der Waals surface area (Å²) in [5.41, 5.74) is 1.83. The molecule has 0 rings (SSSR count). The number of amides is 2. The van der Waals surface area contributed by atoms with Crippen LogP contribution in [0.15, 0.2) is 0 Å². The Bertz CT molecular complexity index is 506. The van der Waals surface area contributed by atoms with Gasteiger partial charge in [-0.05, 0) is 6.42 Å². The van der Waals surface area contributed by atoms with Gasteiger partial charge in [0.15, 0.2) is 0 Å². The molecule has 2 amide bonds. The van der Waals surface area contributed by atoms with Crippen molar-refractivity contribution < 1.29 is 48.5 Å². The third kappa shape index (κ3) is 8.98. The maximum atomic E-state index is 11.3. The number of carboxylic acid groups (broad SMARTS) is 1. The molecule has 0 aromatic carbocycles. The van der Waals surface area contributed by atoms with Crippen molar-refractivity contribution in [3.63, 3.8) is 0 Å². The summed E-state index contributed by atoms with van der Waals surface area (Å²) in [6.07, 6.45) is -3.64. The van der Waals surface area contributed by atoms with Gasteiger partial charge in [-0.1, -0.05) is 0 Å². The van der Waals surface area contributed by atoms with E-state index in [2.05, 4.69) is 5.32 Å². The van der Waals surface area contributed by atoms with Crippen molar-refractivity contribution in [2.75, 3.05) is 19.1 Å². The summed E-state index contributed by atoms with van der Waals surface area (Å²) in [7, 11) is -9.86. The summed E-state index contributed by atoms with van der Waals surface area (Å²) < 4.78 is 22.1. The first-order chi connectivity index (χ1) is 10.2. The van der Waals surface area contributed by atoms with Crippen LogP contribution in [0.4, 0.5) is 4.79 Å². The summed E-state index contributed by atoms with van der Waals surface area (Å²) >= 11 is 0. The van der Waals surface area contributed by atoms with E-state index in [1.165, 1.54) is 0 Å². The predicted octanol–water partition coefficient (Wildman–Crippen LogP) is -2.22. The molecule has 9 N–H and O–H groups in total. The predicted molar refractivity (Wildman–Crippen MR) is 75.1 cm³/mol. The van der Waals surface area contributed by atoms with Gasteiger partial charge >= 0.3 is 27.2 Å². The molecule has 0 fully saturated rings. The van der Waals surface area contributed by atoms with Crippen LogP contribution in [0.2, 0.25) is 0 Å². The van der Waals surface area contributed by atoms with Gasteiger partial charge in [0.05, 0.1) is 0 Å². The first-order valence-electron chi connectivity index (χ1n) is 6.00. The number of carbonyl (C=O) groups excluding carboxylic acids is 1. The van der Waals surface area contributed by atoms with Crippen molar-refractivity contribution in [1.29, 1.82) is 0 Å². The van der Waals surface area contributed by atoms with Gasteiger partial charge in [0, 0.05) is 13.0 Å². The van der Waals surface area contributed by atoms with Gasteiger partial charge in [0.25, 0.3) is 0 Å². The molecule has 0 unspecified atom stereocenters. The van der Waals surface area contributed by atoms with Crippen LogP contribution < -0.4 is 11.1 Å². The Balaban J connectivity index is 5.32. The first-order valence-corrected chi connectivity index (χ1v) is 9.60. The Morgan fingerprint density at radius 3 is 1.83 bits per heavy atom. The third-order valence-corrected chi connectivity index (χ3v) is 4.00. The van der Waals surface area contributed by atoms with E-state index >= 15 is 0 Å². The van der Waals surface area contributed by atoms with E-state index in [0.717, 1.165) is 0 Å². The Kier molecular flexibility index (Phi) is 7.81. The maximum Gasteiger partial charge on any atom is 0.351 e. The second kappa shape index (κ2) is 8.18. The molecule has 0 aliphatic heterocycles. The minimum absolute atomic E-state index is 0.0984. The Morgan fingerprint density at radius 1 is 1.09 bits per heavy atom. The normalized spacial score (nSPS) is 15.2.